The van der Waals surface area contributed by atoms with E-state index in [0.29, 0.717) is 5.39 Å². The van der Waals surface area contributed by atoms with Gasteiger partial charge in [0.15, 0.2) is 11.6 Å². The molecular formula is C27H21F2N. The zero-order valence-corrected chi connectivity index (χ0v) is 16.8. The molecule has 0 radical (unpaired) electrons. The quantitative estimate of drug-likeness (QED) is 0.370. The van der Waals surface area contributed by atoms with Crippen molar-refractivity contribution in [2.24, 2.45) is 0 Å². The second-order valence-corrected chi connectivity index (χ2v) is 7.26. The first-order valence-corrected chi connectivity index (χ1v) is 10.0. The third-order valence-corrected chi connectivity index (χ3v) is 5.18. The Morgan fingerprint density at radius 3 is 2.23 bits per heavy atom. The van der Waals surface area contributed by atoms with Gasteiger partial charge >= 0.3 is 0 Å². The minimum atomic E-state index is -0.838. The molecule has 3 heteroatoms. The van der Waals surface area contributed by atoms with Crippen molar-refractivity contribution in [3.05, 3.63) is 113 Å². The van der Waals surface area contributed by atoms with Gasteiger partial charge in [-0.15, -0.1) is 0 Å². The number of rotatable bonds is 4. The van der Waals surface area contributed by atoms with Crippen LogP contribution in [0.5, 0.6) is 0 Å². The fourth-order valence-electron chi connectivity index (χ4n) is 3.33. The zero-order chi connectivity index (χ0) is 20.9. The SMILES string of the molecule is CCc1ccc(CCc2ccc(C#Cc3ccc4c(F)c(F)ccc4c3)cc2)nc1. The predicted octanol–water partition coefficient (Wildman–Crippen LogP) is 6.26. The van der Waals surface area contributed by atoms with Gasteiger partial charge in [0, 0.05) is 28.4 Å². The fraction of sp³-hybridized carbons (Fsp3) is 0.148. The van der Waals surface area contributed by atoms with Crippen LogP contribution in [-0.4, -0.2) is 4.98 Å². The molecule has 0 aliphatic heterocycles. The first kappa shape index (κ1) is 19.8. The van der Waals surface area contributed by atoms with Gasteiger partial charge in [-0.25, -0.2) is 8.78 Å². The first-order chi connectivity index (χ1) is 14.6. The average Bonchev–Trinajstić information content (AvgIpc) is 2.80. The van der Waals surface area contributed by atoms with Crippen LogP contribution in [0.15, 0.2) is 72.9 Å². The van der Waals surface area contributed by atoms with Crippen LogP contribution in [0.1, 0.15) is 34.9 Å². The van der Waals surface area contributed by atoms with Gasteiger partial charge < -0.3 is 0 Å². The van der Waals surface area contributed by atoms with Crippen LogP contribution >= 0.6 is 0 Å². The second kappa shape index (κ2) is 8.88. The van der Waals surface area contributed by atoms with Crippen LogP contribution in [0.2, 0.25) is 0 Å². The molecule has 1 heterocycles. The standard InChI is InChI=1S/C27H21F2N/c1-2-19-9-13-24(30-18-19)14-10-21-5-3-20(4-6-21)7-8-22-11-15-25-23(17-22)12-16-26(28)27(25)29/h3-6,9,11-13,15-18H,2,10,14H2,1H3. The highest BCUT2D eigenvalue weighted by atomic mass is 19.2. The van der Waals surface area contributed by atoms with E-state index in [1.807, 2.05) is 18.3 Å². The third kappa shape index (κ3) is 4.55. The summed E-state index contributed by atoms with van der Waals surface area (Å²) in [7, 11) is 0. The highest BCUT2D eigenvalue weighted by Crippen LogP contribution is 2.21. The number of nitrogens with zero attached hydrogens (tertiary/aromatic N) is 1. The number of benzene rings is 3. The zero-order valence-electron chi connectivity index (χ0n) is 16.8. The molecular weight excluding hydrogens is 376 g/mol. The van der Waals surface area contributed by atoms with E-state index < -0.39 is 11.6 Å². The summed E-state index contributed by atoms with van der Waals surface area (Å²) in [6.45, 7) is 2.13. The Morgan fingerprint density at radius 2 is 1.50 bits per heavy atom. The van der Waals surface area contributed by atoms with Crippen LogP contribution in [0.4, 0.5) is 8.78 Å². The normalized spacial score (nSPS) is 10.6. The van der Waals surface area contributed by atoms with Crippen molar-refractivity contribution in [2.45, 2.75) is 26.2 Å². The molecule has 1 nitrogen and oxygen atoms in total. The molecule has 0 fully saturated rings. The Balaban J connectivity index is 1.43. The van der Waals surface area contributed by atoms with Crippen LogP contribution < -0.4 is 0 Å². The summed E-state index contributed by atoms with van der Waals surface area (Å²) in [5, 5.41) is 0.903. The summed E-state index contributed by atoms with van der Waals surface area (Å²) in [6, 6.07) is 20.2. The van der Waals surface area contributed by atoms with E-state index in [1.54, 1.807) is 24.3 Å². The molecule has 30 heavy (non-hydrogen) atoms. The molecule has 0 unspecified atom stereocenters. The molecule has 0 N–H and O–H groups in total. The van der Waals surface area contributed by atoms with E-state index >= 15 is 0 Å². The topological polar surface area (TPSA) is 12.9 Å². The van der Waals surface area contributed by atoms with E-state index in [9.17, 15) is 8.78 Å². The highest BCUT2D eigenvalue weighted by molar-refractivity contribution is 5.84. The second-order valence-electron chi connectivity index (χ2n) is 7.26. The summed E-state index contributed by atoms with van der Waals surface area (Å²) in [5.74, 6) is 4.58. The van der Waals surface area contributed by atoms with Gasteiger partial charge in [0.2, 0.25) is 0 Å². The van der Waals surface area contributed by atoms with E-state index in [4.69, 9.17) is 0 Å². The summed E-state index contributed by atoms with van der Waals surface area (Å²) in [6.07, 6.45) is 4.79. The lowest BCUT2D eigenvalue weighted by atomic mass is 10.0. The average molecular weight is 397 g/mol. The Bertz CT molecular complexity index is 1230. The summed E-state index contributed by atoms with van der Waals surface area (Å²) in [4.78, 5) is 4.51. The molecule has 4 aromatic rings. The summed E-state index contributed by atoms with van der Waals surface area (Å²) in [5.41, 5.74) is 5.27. The van der Waals surface area contributed by atoms with Gasteiger partial charge in [0.1, 0.15) is 0 Å². The molecule has 0 atom stereocenters. The van der Waals surface area contributed by atoms with Gasteiger partial charge in [-0.1, -0.05) is 49.1 Å². The molecule has 0 spiro atoms. The Labute approximate surface area is 175 Å². The number of aromatic nitrogens is 1. The lowest BCUT2D eigenvalue weighted by Gasteiger charge is -2.03. The van der Waals surface area contributed by atoms with Gasteiger partial charge in [0.25, 0.3) is 0 Å². The molecule has 0 saturated carbocycles. The molecule has 1 aromatic heterocycles. The number of fused-ring (bicyclic) bond motifs is 1. The van der Waals surface area contributed by atoms with Crippen LogP contribution in [-0.2, 0) is 19.3 Å². The molecule has 0 aliphatic rings. The number of hydrogen-bond acceptors (Lipinski definition) is 1. The number of pyridine rings is 1. The van der Waals surface area contributed by atoms with Crippen molar-refractivity contribution < 1.29 is 8.78 Å². The minimum Gasteiger partial charge on any atom is -0.261 e. The highest BCUT2D eigenvalue weighted by Gasteiger charge is 2.06. The van der Waals surface area contributed by atoms with Crippen molar-refractivity contribution in [1.29, 1.82) is 0 Å². The van der Waals surface area contributed by atoms with Crippen molar-refractivity contribution >= 4 is 10.8 Å². The molecule has 4 rings (SSSR count). The summed E-state index contributed by atoms with van der Waals surface area (Å²) < 4.78 is 27.1. The summed E-state index contributed by atoms with van der Waals surface area (Å²) >= 11 is 0. The number of halogens is 2. The van der Waals surface area contributed by atoms with Gasteiger partial charge in [0.05, 0.1) is 0 Å². The molecule has 3 aromatic carbocycles. The van der Waals surface area contributed by atoms with Crippen molar-refractivity contribution in [2.75, 3.05) is 0 Å². The van der Waals surface area contributed by atoms with Gasteiger partial charge in [-0.3, -0.25) is 4.98 Å². The van der Waals surface area contributed by atoms with E-state index in [-0.39, 0.29) is 5.39 Å². The minimum absolute atomic E-state index is 0.267. The van der Waals surface area contributed by atoms with Crippen molar-refractivity contribution in [3.8, 4) is 11.8 Å². The van der Waals surface area contributed by atoms with Crippen molar-refractivity contribution in [3.63, 3.8) is 0 Å². The molecule has 148 valence electrons. The van der Waals surface area contributed by atoms with Gasteiger partial charge in [-0.05, 0) is 72.2 Å². The van der Waals surface area contributed by atoms with Crippen molar-refractivity contribution in [1.82, 2.24) is 4.98 Å². The maximum absolute atomic E-state index is 13.8. The molecule has 0 saturated heterocycles. The van der Waals surface area contributed by atoms with Gasteiger partial charge in [-0.2, -0.15) is 0 Å². The van der Waals surface area contributed by atoms with E-state index in [0.717, 1.165) is 42.1 Å². The third-order valence-electron chi connectivity index (χ3n) is 5.18. The fourth-order valence-corrected chi connectivity index (χ4v) is 3.33. The lowest BCUT2D eigenvalue weighted by Crippen LogP contribution is -1.95. The Kier molecular flexibility index (Phi) is 5.86. The van der Waals surface area contributed by atoms with E-state index in [1.165, 1.54) is 11.1 Å². The molecule has 0 amide bonds. The number of hydrogen-bond donors (Lipinski definition) is 0. The Hall–Kier alpha value is -3.51. The van der Waals surface area contributed by atoms with Crippen LogP contribution in [0.25, 0.3) is 10.8 Å². The Morgan fingerprint density at radius 1 is 0.767 bits per heavy atom. The van der Waals surface area contributed by atoms with E-state index in [2.05, 4.69) is 48.0 Å². The lowest BCUT2D eigenvalue weighted by molar-refractivity contribution is 0.517. The maximum atomic E-state index is 13.8. The number of aryl methyl sites for hydroxylation is 3. The largest absolute Gasteiger partial charge is 0.261 e. The van der Waals surface area contributed by atoms with Crippen LogP contribution in [0.3, 0.4) is 0 Å². The first-order valence-electron chi connectivity index (χ1n) is 10.0. The monoisotopic (exact) mass is 397 g/mol. The smallest absolute Gasteiger partial charge is 0.166 e. The maximum Gasteiger partial charge on any atom is 0.166 e. The molecule has 0 aliphatic carbocycles. The molecule has 0 bridgehead atoms. The van der Waals surface area contributed by atoms with Crippen LogP contribution in [0, 0.1) is 23.5 Å². The predicted molar refractivity (Wildman–Crippen MR) is 117 cm³/mol.